The summed E-state index contributed by atoms with van der Waals surface area (Å²) in [6, 6.07) is 30.8. The fourth-order valence-corrected chi connectivity index (χ4v) is 16.1. The molecule has 0 saturated heterocycles. The van der Waals surface area contributed by atoms with E-state index in [0.29, 0.717) is 110 Å². The van der Waals surface area contributed by atoms with E-state index in [0.717, 1.165) is 77.9 Å². The Hall–Kier alpha value is -10.4. The first-order valence-electron chi connectivity index (χ1n) is 41.6. The molecule has 0 radical (unpaired) electrons. The minimum atomic E-state index is -0.938. The van der Waals surface area contributed by atoms with Gasteiger partial charge >= 0.3 is 17.9 Å². The second kappa shape index (κ2) is 46.4. The molecule has 3 aliphatic carbocycles. The third-order valence-corrected chi connectivity index (χ3v) is 21.4. The molecule has 4 amide bonds. The van der Waals surface area contributed by atoms with Crippen LogP contribution in [0.5, 0.6) is 34.5 Å². The number of aromatic nitrogens is 6. The Labute approximate surface area is 684 Å². The van der Waals surface area contributed by atoms with Crippen LogP contribution in [0, 0.1) is 41.4 Å². The molecule has 0 bridgehead atoms. The predicted octanol–water partition coefficient (Wildman–Crippen LogP) is 16.1. The van der Waals surface area contributed by atoms with E-state index >= 15 is 0 Å². The first-order valence-corrected chi connectivity index (χ1v) is 41.6. The lowest BCUT2D eigenvalue weighted by atomic mass is 9.82. The summed E-state index contributed by atoms with van der Waals surface area (Å²) in [7, 11) is 8.06. The number of aliphatic carboxylic acids is 2. The largest absolute Gasteiger partial charge is 0.496 e. The minimum Gasteiger partial charge on any atom is -0.496 e. The number of carboxylic acid groups (broad SMARTS) is 2. The summed E-state index contributed by atoms with van der Waals surface area (Å²) in [4.78, 5) is 87.3. The van der Waals surface area contributed by atoms with Gasteiger partial charge in [-0.2, -0.15) is 15.3 Å². The molecular weight excluding hydrogens is 1480 g/mol. The third kappa shape index (κ3) is 27.9. The van der Waals surface area contributed by atoms with Crippen LogP contribution in [-0.4, -0.2) is 148 Å². The number of carbonyl (C=O) groups excluding carboxylic acids is 5. The summed E-state index contributed by atoms with van der Waals surface area (Å²) in [6.07, 6.45) is 18.2. The van der Waals surface area contributed by atoms with Gasteiger partial charge < -0.3 is 64.6 Å². The highest BCUT2D eigenvalue weighted by Crippen LogP contribution is 2.44. The van der Waals surface area contributed by atoms with Crippen molar-refractivity contribution in [3.63, 3.8) is 0 Å². The lowest BCUT2D eigenvalue weighted by molar-refractivity contribution is -0.143. The van der Waals surface area contributed by atoms with E-state index in [9.17, 15) is 43.8 Å². The summed E-state index contributed by atoms with van der Waals surface area (Å²) in [5.41, 5.74) is 6.33. The van der Waals surface area contributed by atoms with Crippen molar-refractivity contribution < 1.29 is 76.9 Å². The first-order chi connectivity index (χ1) is 55.8. The Morgan fingerprint density at radius 1 is 0.457 bits per heavy atom. The van der Waals surface area contributed by atoms with E-state index in [4.69, 9.17) is 43.4 Å². The maximum atomic E-state index is 13.8. The van der Waals surface area contributed by atoms with Crippen LogP contribution in [0.25, 0.3) is 33.8 Å². The molecule has 26 nitrogen and oxygen atoms in total. The van der Waals surface area contributed by atoms with Crippen LogP contribution in [0.4, 0.5) is 0 Å². The zero-order chi connectivity index (χ0) is 83.8. The number of benzene rings is 4. The molecule has 3 aromatic heterocycles. The SMILES string of the molecule is CCOC(=O)CCNC(=O)C[C@H](CC(C)C)NC(=O)c1cc(-c2c(OC)cccc2OCc2ccccc2)n(CC2CCCCC2)n1.COc1cccc(OC)c1-c1cc(C(=O)N[C@H](CC(=O)O)CC(C)C)nn1CC1CCCC(C)C1.COc1cccc(OC)c1-c1cc(C(=O)N[C@H](CC(=O)O)CC(C)C)nn1CC1CCCCC1. The molecule has 3 heterocycles. The Bertz CT molecular complexity index is 4240. The quantitative estimate of drug-likeness (QED) is 0.0195. The molecule has 7 aromatic rings. The normalized spacial score (nSPS) is 15.8. The number of esters is 1. The van der Waals surface area contributed by atoms with E-state index in [1.165, 1.54) is 51.4 Å². The highest BCUT2D eigenvalue weighted by molar-refractivity contribution is 5.96. The van der Waals surface area contributed by atoms with Crippen LogP contribution < -0.4 is 49.7 Å². The van der Waals surface area contributed by atoms with Crippen LogP contribution in [0.1, 0.15) is 227 Å². The highest BCUT2D eigenvalue weighted by atomic mass is 16.5. The fraction of sp³-hybridized carbons (Fsp3) is 0.556. The van der Waals surface area contributed by atoms with Crippen molar-refractivity contribution in [2.24, 2.45) is 41.4 Å². The third-order valence-electron chi connectivity index (χ3n) is 21.4. The van der Waals surface area contributed by atoms with Gasteiger partial charge in [0.2, 0.25) is 5.91 Å². The lowest BCUT2D eigenvalue weighted by Crippen LogP contribution is -2.40. The van der Waals surface area contributed by atoms with Crippen LogP contribution in [0.2, 0.25) is 0 Å². The maximum absolute atomic E-state index is 13.8. The minimum absolute atomic E-state index is 0.0897. The number of hydrogen-bond acceptors (Lipinski definition) is 17. The zero-order valence-corrected chi connectivity index (χ0v) is 70.5. The first kappa shape index (κ1) is 91.1. The van der Waals surface area contributed by atoms with Crippen molar-refractivity contribution >= 4 is 41.5 Å². The van der Waals surface area contributed by atoms with Gasteiger partial charge in [-0.05, 0) is 166 Å². The summed E-state index contributed by atoms with van der Waals surface area (Å²) in [6.45, 7) is 19.1. The van der Waals surface area contributed by atoms with E-state index in [1.807, 2.05) is 141 Å². The Kier molecular flexibility index (Phi) is 36.4. The monoisotopic (exact) mass is 1600 g/mol. The second-order valence-electron chi connectivity index (χ2n) is 32.3. The zero-order valence-electron chi connectivity index (χ0n) is 70.5. The summed E-state index contributed by atoms with van der Waals surface area (Å²) >= 11 is 0. The molecule has 0 spiro atoms. The van der Waals surface area contributed by atoms with Crippen LogP contribution >= 0.6 is 0 Å². The number of hydrogen-bond donors (Lipinski definition) is 6. The van der Waals surface area contributed by atoms with Crippen molar-refractivity contribution in [3.05, 3.63) is 126 Å². The van der Waals surface area contributed by atoms with Gasteiger partial charge in [0.1, 0.15) is 41.1 Å². The number of nitrogens with one attached hydrogen (secondary N) is 4. The molecule has 4 aromatic carbocycles. The smallest absolute Gasteiger partial charge is 0.307 e. The average Bonchev–Trinajstić information content (AvgIpc) is 1.65. The standard InChI is InChI=1S/C37H50N4O6.C27H39N3O5.C26H37N3O5/c1-5-46-35(43)19-20-38-34(42)22-29(21-26(2)3)39-37(44)30-23-31(41(40-30)24-27-13-8-6-9-14-27)36-32(45-4)17-12-18-33(36)47-25-28-15-10-7-11-16-28;1-17(2)12-20(14-25(31)32)28-27(33)21-15-22(26-23(34-4)10-7-11-24(26)35-5)30(29-21)16-19-9-6-8-18(3)13-19;1-17(2)13-19(14-24(30)31)27-26(32)20-15-21(25-22(33-3)11-8-12-23(25)34-4)29(28-20)16-18-9-6-5-7-10-18/h7,10-12,15-18,23,26-27,29H,5-6,8-9,13-14,19-22,24-25H2,1-4H3,(H,38,42)(H,39,44);7,10-11,15,17-20H,6,8-9,12-14,16H2,1-5H3,(H,28,33)(H,31,32);8,11-12,15,17-19H,5-7,9-10,13-14,16H2,1-4H3,(H,27,32)(H,30,31)/t29-;18?,19?,20-;19-/m000/s1. The summed E-state index contributed by atoms with van der Waals surface area (Å²) in [5, 5.41) is 44.5. The molecule has 3 aliphatic rings. The number of methoxy groups -OCH3 is 5. The molecule has 2 unspecified atom stereocenters. The van der Waals surface area contributed by atoms with Crippen molar-refractivity contribution in [2.45, 2.75) is 235 Å². The Morgan fingerprint density at radius 2 is 0.819 bits per heavy atom. The van der Waals surface area contributed by atoms with Gasteiger partial charge in [0.25, 0.3) is 17.7 Å². The van der Waals surface area contributed by atoms with E-state index in [-0.39, 0.29) is 96.7 Å². The molecule has 116 heavy (non-hydrogen) atoms. The molecule has 3 fully saturated rings. The molecule has 632 valence electrons. The van der Waals surface area contributed by atoms with Gasteiger partial charge in [0.05, 0.1) is 95.2 Å². The number of rotatable bonds is 39. The van der Waals surface area contributed by atoms with Crippen LogP contribution in [-0.2, 0) is 50.2 Å². The fourth-order valence-electron chi connectivity index (χ4n) is 16.1. The molecular formula is C90H126N10O16. The van der Waals surface area contributed by atoms with Crippen molar-refractivity contribution in [2.75, 3.05) is 48.7 Å². The number of amides is 4. The second-order valence-corrected chi connectivity index (χ2v) is 32.3. The molecule has 26 heteroatoms. The molecule has 5 atom stereocenters. The topological polar surface area (TPSA) is 326 Å². The van der Waals surface area contributed by atoms with Crippen molar-refractivity contribution in [1.29, 1.82) is 0 Å². The van der Waals surface area contributed by atoms with Gasteiger partial charge in [-0.1, -0.05) is 148 Å². The van der Waals surface area contributed by atoms with E-state index < -0.39 is 30.1 Å². The van der Waals surface area contributed by atoms with Crippen molar-refractivity contribution in [1.82, 2.24) is 50.6 Å². The van der Waals surface area contributed by atoms with Gasteiger partial charge in [0, 0.05) is 50.7 Å². The van der Waals surface area contributed by atoms with Gasteiger partial charge in [0.15, 0.2) is 17.1 Å². The summed E-state index contributed by atoms with van der Waals surface area (Å²) in [5.74, 6) is 3.08. The number of nitrogens with zero attached hydrogens (tertiary/aromatic N) is 6. The molecule has 10 rings (SSSR count). The van der Waals surface area contributed by atoms with E-state index in [2.05, 4.69) is 33.3 Å². The highest BCUT2D eigenvalue weighted by Gasteiger charge is 2.32. The predicted molar refractivity (Wildman–Crippen MR) is 446 cm³/mol. The maximum Gasteiger partial charge on any atom is 0.307 e. The molecule has 0 aliphatic heterocycles. The number of carbonyl (C=O) groups is 7. The van der Waals surface area contributed by atoms with Gasteiger partial charge in [-0.15, -0.1) is 0 Å². The van der Waals surface area contributed by atoms with Crippen LogP contribution in [0.3, 0.4) is 0 Å². The Balaban J connectivity index is 0.000000221. The Morgan fingerprint density at radius 3 is 1.18 bits per heavy atom. The van der Waals surface area contributed by atoms with Gasteiger partial charge in [-0.25, -0.2) is 0 Å². The van der Waals surface area contributed by atoms with Crippen LogP contribution in [0.15, 0.2) is 103 Å². The number of ether oxygens (including phenoxy) is 7. The molecule has 3 saturated carbocycles. The number of carboxylic acids is 2. The van der Waals surface area contributed by atoms with E-state index in [1.54, 1.807) is 60.7 Å². The average molecular weight is 1600 g/mol. The molecule has 6 N–H and O–H groups in total. The summed E-state index contributed by atoms with van der Waals surface area (Å²) < 4.78 is 45.3. The lowest BCUT2D eigenvalue weighted by Gasteiger charge is -2.27. The van der Waals surface area contributed by atoms with Crippen molar-refractivity contribution in [3.8, 4) is 68.3 Å². The van der Waals surface area contributed by atoms with Gasteiger partial charge in [-0.3, -0.25) is 47.6 Å².